The molecule has 1 nitrogen and oxygen atoms in total. The van der Waals surface area contributed by atoms with Gasteiger partial charge in [0, 0.05) is 16.7 Å². The molecule has 2 aromatic rings. The zero-order chi connectivity index (χ0) is 17.3. The maximum atomic E-state index is 13.7. The average molecular weight is 328 g/mol. The first kappa shape index (κ1) is 16.8. The van der Waals surface area contributed by atoms with Gasteiger partial charge in [0.15, 0.2) is 5.78 Å². The highest BCUT2D eigenvalue weighted by atomic mass is 19.1. The second-order valence-electron chi connectivity index (χ2n) is 6.97. The molecular weight excluding hydrogens is 306 g/mol. The molecule has 0 heterocycles. The van der Waals surface area contributed by atoms with Gasteiger partial charge in [0.1, 0.15) is 11.6 Å². The number of rotatable bonds is 3. The van der Waals surface area contributed by atoms with E-state index in [1.54, 1.807) is 12.1 Å². The summed E-state index contributed by atoms with van der Waals surface area (Å²) in [5.74, 6) is -0.373. The van der Waals surface area contributed by atoms with Gasteiger partial charge in [-0.05, 0) is 49.3 Å². The highest BCUT2D eigenvalue weighted by Gasteiger charge is 2.20. The van der Waals surface area contributed by atoms with E-state index in [2.05, 4.69) is 6.92 Å². The van der Waals surface area contributed by atoms with Crippen molar-refractivity contribution in [3.8, 4) is 0 Å². The molecule has 1 aliphatic rings. The van der Waals surface area contributed by atoms with Crippen LogP contribution in [0.3, 0.4) is 0 Å². The smallest absolute Gasteiger partial charge is 0.193 e. The van der Waals surface area contributed by atoms with Crippen LogP contribution in [0.2, 0.25) is 0 Å². The minimum Gasteiger partial charge on any atom is -0.289 e. The Bertz CT molecular complexity index is 718. The van der Waals surface area contributed by atoms with Gasteiger partial charge in [0.2, 0.25) is 0 Å². The third-order valence-electron chi connectivity index (χ3n) is 5.20. The second kappa shape index (κ2) is 6.84. The van der Waals surface area contributed by atoms with Crippen LogP contribution < -0.4 is 0 Å². The first-order valence-corrected chi connectivity index (χ1v) is 8.56. The molecule has 0 amide bonds. The highest BCUT2D eigenvalue weighted by Crippen LogP contribution is 2.35. The van der Waals surface area contributed by atoms with E-state index in [-0.39, 0.29) is 16.9 Å². The minimum absolute atomic E-state index is 0.0508. The van der Waals surface area contributed by atoms with E-state index in [0.717, 1.165) is 18.1 Å². The molecular formula is C21H22F2O. The standard InChI is InChI=1S/C21H22F2O/c1-13-3-5-15(6-4-13)16-7-9-17(10-8-16)21(24)18-11-19(22)14(2)20(23)12-18/h7-13,15H,3-6H2,1-2H3. The molecule has 0 N–H and O–H groups in total. The normalized spacial score (nSPS) is 20.8. The molecule has 0 aromatic heterocycles. The number of hydrogen-bond donors (Lipinski definition) is 0. The van der Waals surface area contributed by atoms with Gasteiger partial charge in [-0.2, -0.15) is 0 Å². The Kier molecular flexibility index (Phi) is 4.79. The molecule has 24 heavy (non-hydrogen) atoms. The zero-order valence-corrected chi connectivity index (χ0v) is 14.1. The van der Waals surface area contributed by atoms with E-state index in [1.165, 1.54) is 38.2 Å². The van der Waals surface area contributed by atoms with E-state index >= 15 is 0 Å². The Morgan fingerprint density at radius 1 is 0.917 bits per heavy atom. The fraction of sp³-hybridized carbons (Fsp3) is 0.381. The average Bonchev–Trinajstić information content (AvgIpc) is 2.59. The summed E-state index contributed by atoms with van der Waals surface area (Å²) in [4.78, 5) is 12.5. The third kappa shape index (κ3) is 3.40. The Labute approximate surface area is 141 Å². The van der Waals surface area contributed by atoms with E-state index in [4.69, 9.17) is 0 Å². The van der Waals surface area contributed by atoms with Crippen molar-refractivity contribution in [2.75, 3.05) is 0 Å². The lowest BCUT2D eigenvalue weighted by Crippen LogP contribution is -2.11. The summed E-state index contributed by atoms with van der Waals surface area (Å²) in [7, 11) is 0. The van der Waals surface area contributed by atoms with E-state index in [0.29, 0.717) is 11.5 Å². The molecule has 3 rings (SSSR count). The SMILES string of the molecule is Cc1c(F)cc(C(=O)c2ccc(C3CCC(C)CC3)cc2)cc1F. The summed E-state index contributed by atoms with van der Waals surface area (Å²) >= 11 is 0. The van der Waals surface area contributed by atoms with Gasteiger partial charge in [-0.25, -0.2) is 8.78 Å². The van der Waals surface area contributed by atoms with Crippen LogP contribution in [0.4, 0.5) is 8.78 Å². The van der Waals surface area contributed by atoms with Crippen molar-refractivity contribution in [1.82, 2.24) is 0 Å². The van der Waals surface area contributed by atoms with Crippen LogP contribution in [-0.4, -0.2) is 5.78 Å². The molecule has 0 unspecified atom stereocenters. The van der Waals surface area contributed by atoms with Crippen molar-refractivity contribution in [3.05, 3.63) is 70.3 Å². The molecule has 1 fully saturated rings. The molecule has 3 heteroatoms. The molecule has 2 aromatic carbocycles. The Balaban J connectivity index is 1.79. The van der Waals surface area contributed by atoms with Crippen molar-refractivity contribution in [2.45, 2.75) is 45.4 Å². The van der Waals surface area contributed by atoms with Gasteiger partial charge < -0.3 is 0 Å². The molecule has 0 atom stereocenters. The molecule has 0 aliphatic heterocycles. The largest absolute Gasteiger partial charge is 0.289 e. The van der Waals surface area contributed by atoms with Gasteiger partial charge in [0.25, 0.3) is 0 Å². The lowest BCUT2D eigenvalue weighted by Gasteiger charge is -2.26. The van der Waals surface area contributed by atoms with Crippen LogP contribution in [0, 0.1) is 24.5 Å². The molecule has 0 saturated heterocycles. The van der Waals surface area contributed by atoms with Gasteiger partial charge in [0.05, 0.1) is 0 Å². The molecule has 0 radical (unpaired) electrons. The highest BCUT2D eigenvalue weighted by molar-refractivity contribution is 6.09. The third-order valence-corrected chi connectivity index (χ3v) is 5.20. The summed E-state index contributed by atoms with van der Waals surface area (Å²) in [5.41, 5.74) is 1.70. The quantitative estimate of drug-likeness (QED) is 0.651. The summed E-state index contributed by atoms with van der Waals surface area (Å²) in [6, 6.07) is 9.72. The molecule has 126 valence electrons. The van der Waals surface area contributed by atoms with Crippen molar-refractivity contribution >= 4 is 5.78 Å². The maximum absolute atomic E-state index is 13.7. The predicted octanol–water partition coefficient (Wildman–Crippen LogP) is 5.80. The predicted molar refractivity (Wildman–Crippen MR) is 91.3 cm³/mol. The Morgan fingerprint density at radius 3 is 2.00 bits per heavy atom. The lowest BCUT2D eigenvalue weighted by molar-refractivity contribution is 0.103. The zero-order valence-electron chi connectivity index (χ0n) is 14.1. The van der Waals surface area contributed by atoms with Gasteiger partial charge in [-0.1, -0.05) is 44.0 Å². The minimum atomic E-state index is -0.689. The summed E-state index contributed by atoms with van der Waals surface area (Å²) < 4.78 is 27.3. The lowest BCUT2D eigenvalue weighted by atomic mass is 9.79. The summed E-state index contributed by atoms with van der Waals surface area (Å²) in [6.07, 6.45) is 4.85. The summed E-state index contributed by atoms with van der Waals surface area (Å²) in [5, 5.41) is 0. The maximum Gasteiger partial charge on any atom is 0.193 e. The monoisotopic (exact) mass is 328 g/mol. The number of benzene rings is 2. The van der Waals surface area contributed by atoms with E-state index in [9.17, 15) is 13.6 Å². The number of hydrogen-bond acceptors (Lipinski definition) is 1. The Hall–Kier alpha value is -2.03. The fourth-order valence-electron chi connectivity index (χ4n) is 3.44. The van der Waals surface area contributed by atoms with Gasteiger partial charge >= 0.3 is 0 Å². The number of ketones is 1. The van der Waals surface area contributed by atoms with Crippen LogP contribution in [0.15, 0.2) is 36.4 Å². The van der Waals surface area contributed by atoms with Crippen molar-refractivity contribution < 1.29 is 13.6 Å². The molecule has 0 bridgehead atoms. The van der Waals surface area contributed by atoms with Crippen LogP contribution in [0.25, 0.3) is 0 Å². The van der Waals surface area contributed by atoms with Crippen LogP contribution >= 0.6 is 0 Å². The summed E-state index contributed by atoms with van der Waals surface area (Å²) in [6.45, 7) is 3.65. The van der Waals surface area contributed by atoms with Crippen molar-refractivity contribution in [1.29, 1.82) is 0 Å². The second-order valence-corrected chi connectivity index (χ2v) is 6.97. The first-order chi connectivity index (χ1) is 11.5. The van der Waals surface area contributed by atoms with E-state index in [1.807, 2.05) is 12.1 Å². The van der Waals surface area contributed by atoms with Crippen molar-refractivity contribution in [3.63, 3.8) is 0 Å². The van der Waals surface area contributed by atoms with Crippen LogP contribution in [0.1, 0.15) is 65.6 Å². The number of carbonyl (C=O) groups excluding carboxylic acids is 1. The van der Waals surface area contributed by atoms with E-state index < -0.39 is 11.6 Å². The van der Waals surface area contributed by atoms with Gasteiger partial charge in [-0.15, -0.1) is 0 Å². The molecule has 0 spiro atoms. The van der Waals surface area contributed by atoms with Crippen molar-refractivity contribution in [2.24, 2.45) is 5.92 Å². The molecule has 1 saturated carbocycles. The van der Waals surface area contributed by atoms with Gasteiger partial charge in [-0.3, -0.25) is 4.79 Å². The Morgan fingerprint density at radius 2 is 1.46 bits per heavy atom. The topological polar surface area (TPSA) is 17.1 Å². The first-order valence-electron chi connectivity index (χ1n) is 8.56. The fourth-order valence-corrected chi connectivity index (χ4v) is 3.44. The van der Waals surface area contributed by atoms with Crippen LogP contribution in [0.5, 0.6) is 0 Å². The number of carbonyl (C=O) groups is 1. The van der Waals surface area contributed by atoms with Crippen LogP contribution in [-0.2, 0) is 0 Å². The molecule has 1 aliphatic carbocycles. The number of halogens is 2.